The third-order valence-corrected chi connectivity index (χ3v) is 4.38. The Bertz CT molecular complexity index is 534. The van der Waals surface area contributed by atoms with Crippen molar-refractivity contribution in [1.29, 1.82) is 0 Å². The first kappa shape index (κ1) is 10.0. The van der Waals surface area contributed by atoms with E-state index in [-0.39, 0.29) is 0 Å². The van der Waals surface area contributed by atoms with E-state index in [2.05, 4.69) is 23.2 Å². The maximum Gasteiger partial charge on any atom is 0.127 e. The molecule has 84 valence electrons. The molecule has 0 N–H and O–H groups in total. The summed E-state index contributed by atoms with van der Waals surface area (Å²) in [4.78, 5) is 6.17. The highest BCUT2D eigenvalue weighted by Gasteiger charge is 2.28. The molecule has 16 heavy (non-hydrogen) atoms. The highest BCUT2D eigenvalue weighted by Crippen LogP contribution is 2.46. The molecule has 0 spiro atoms. The molecule has 1 aliphatic rings. The van der Waals surface area contributed by atoms with Crippen LogP contribution in [-0.4, -0.2) is 14.8 Å². The minimum atomic E-state index is 0.795. The Morgan fingerprint density at radius 1 is 1.31 bits per heavy atom. The normalized spacial score (nSPS) is 15.7. The first-order valence-electron chi connectivity index (χ1n) is 5.63. The van der Waals surface area contributed by atoms with Crippen molar-refractivity contribution in [3.8, 4) is 10.6 Å². The summed E-state index contributed by atoms with van der Waals surface area (Å²) in [6.07, 6.45) is 4.74. The van der Waals surface area contributed by atoms with E-state index >= 15 is 0 Å². The van der Waals surface area contributed by atoms with Crippen LogP contribution in [0.2, 0.25) is 0 Å². The molecule has 0 radical (unpaired) electrons. The predicted octanol–water partition coefficient (Wildman–Crippen LogP) is 3.04. The number of hydrogen-bond acceptors (Lipinski definition) is 3. The SMILES string of the molecule is Cc1nn(C)cc1-c1nc(C)c(C2CC2)s1. The topological polar surface area (TPSA) is 30.7 Å². The molecule has 0 unspecified atom stereocenters. The van der Waals surface area contributed by atoms with Gasteiger partial charge in [-0.05, 0) is 32.6 Å². The highest BCUT2D eigenvalue weighted by atomic mass is 32.1. The summed E-state index contributed by atoms with van der Waals surface area (Å²) in [5.41, 5.74) is 3.46. The van der Waals surface area contributed by atoms with Gasteiger partial charge in [0.25, 0.3) is 0 Å². The fourth-order valence-electron chi connectivity index (χ4n) is 2.06. The third-order valence-electron chi connectivity index (χ3n) is 3.02. The zero-order chi connectivity index (χ0) is 11.3. The Morgan fingerprint density at radius 2 is 2.06 bits per heavy atom. The molecule has 3 rings (SSSR count). The Labute approximate surface area is 99.1 Å². The van der Waals surface area contributed by atoms with E-state index in [1.807, 2.05) is 30.0 Å². The van der Waals surface area contributed by atoms with E-state index < -0.39 is 0 Å². The van der Waals surface area contributed by atoms with Gasteiger partial charge in [-0.25, -0.2) is 4.98 Å². The monoisotopic (exact) mass is 233 g/mol. The van der Waals surface area contributed by atoms with Crippen molar-refractivity contribution in [2.24, 2.45) is 7.05 Å². The van der Waals surface area contributed by atoms with E-state index in [1.54, 1.807) is 0 Å². The fraction of sp³-hybridized carbons (Fsp3) is 0.500. The molecule has 0 aliphatic heterocycles. The molecule has 0 atom stereocenters. The molecular weight excluding hydrogens is 218 g/mol. The second-order valence-electron chi connectivity index (χ2n) is 4.54. The van der Waals surface area contributed by atoms with Gasteiger partial charge in [-0.1, -0.05) is 0 Å². The van der Waals surface area contributed by atoms with Crippen LogP contribution in [0.5, 0.6) is 0 Å². The van der Waals surface area contributed by atoms with Crippen molar-refractivity contribution in [3.05, 3.63) is 22.5 Å². The highest BCUT2D eigenvalue weighted by molar-refractivity contribution is 7.15. The predicted molar refractivity (Wildman–Crippen MR) is 65.8 cm³/mol. The number of hydrogen-bond donors (Lipinski definition) is 0. The molecule has 2 aromatic heterocycles. The summed E-state index contributed by atoms with van der Waals surface area (Å²) >= 11 is 1.85. The lowest BCUT2D eigenvalue weighted by Crippen LogP contribution is -1.86. The van der Waals surface area contributed by atoms with Crippen LogP contribution < -0.4 is 0 Å². The number of aromatic nitrogens is 3. The van der Waals surface area contributed by atoms with Gasteiger partial charge in [-0.2, -0.15) is 5.10 Å². The molecular formula is C12H15N3S. The minimum absolute atomic E-state index is 0.795. The maximum absolute atomic E-state index is 4.68. The second kappa shape index (κ2) is 3.42. The van der Waals surface area contributed by atoms with E-state index in [1.165, 1.54) is 29.0 Å². The number of nitrogens with zero attached hydrogens (tertiary/aromatic N) is 3. The Kier molecular flexibility index (Phi) is 2.14. The molecule has 1 aliphatic carbocycles. The fourth-order valence-corrected chi connectivity index (χ4v) is 3.35. The molecule has 4 heteroatoms. The lowest BCUT2D eigenvalue weighted by atomic mass is 10.2. The van der Waals surface area contributed by atoms with Crippen LogP contribution in [0.3, 0.4) is 0 Å². The van der Waals surface area contributed by atoms with Gasteiger partial charge in [0, 0.05) is 18.1 Å². The lowest BCUT2D eigenvalue weighted by Gasteiger charge is -1.90. The van der Waals surface area contributed by atoms with Crippen LogP contribution in [0.1, 0.15) is 35.0 Å². The summed E-state index contributed by atoms with van der Waals surface area (Å²) in [5, 5.41) is 5.50. The second-order valence-corrected chi connectivity index (χ2v) is 5.58. The van der Waals surface area contributed by atoms with Crippen LogP contribution in [0.25, 0.3) is 10.6 Å². The van der Waals surface area contributed by atoms with Crippen LogP contribution in [0, 0.1) is 13.8 Å². The Morgan fingerprint density at radius 3 is 2.62 bits per heavy atom. The van der Waals surface area contributed by atoms with E-state index in [0.717, 1.165) is 16.6 Å². The third kappa shape index (κ3) is 1.57. The maximum atomic E-state index is 4.68. The average Bonchev–Trinajstić information content (AvgIpc) is 2.91. The largest absolute Gasteiger partial charge is 0.275 e. The first-order chi connectivity index (χ1) is 7.65. The molecule has 0 amide bonds. The van der Waals surface area contributed by atoms with Crippen molar-refractivity contribution in [2.45, 2.75) is 32.6 Å². The summed E-state index contributed by atoms with van der Waals surface area (Å²) in [6.45, 7) is 4.17. The number of rotatable bonds is 2. The van der Waals surface area contributed by atoms with Gasteiger partial charge in [0.2, 0.25) is 0 Å². The molecule has 1 saturated carbocycles. The average molecular weight is 233 g/mol. The standard InChI is InChI=1S/C12H15N3S/c1-7-10(6-15(3)14-7)12-13-8(2)11(16-12)9-4-5-9/h6,9H,4-5H2,1-3H3. The van der Waals surface area contributed by atoms with Crippen molar-refractivity contribution in [1.82, 2.24) is 14.8 Å². The van der Waals surface area contributed by atoms with Gasteiger partial charge < -0.3 is 0 Å². The van der Waals surface area contributed by atoms with E-state index in [4.69, 9.17) is 0 Å². The van der Waals surface area contributed by atoms with Crippen LogP contribution in [-0.2, 0) is 7.05 Å². The molecule has 2 aromatic rings. The number of thiazole rings is 1. The van der Waals surface area contributed by atoms with Gasteiger partial charge in [-0.15, -0.1) is 11.3 Å². The first-order valence-corrected chi connectivity index (χ1v) is 6.44. The van der Waals surface area contributed by atoms with Gasteiger partial charge in [0.1, 0.15) is 5.01 Å². The van der Waals surface area contributed by atoms with Crippen molar-refractivity contribution in [2.75, 3.05) is 0 Å². The molecule has 1 fully saturated rings. The van der Waals surface area contributed by atoms with E-state index in [0.29, 0.717) is 0 Å². The summed E-state index contributed by atoms with van der Waals surface area (Å²) in [6, 6.07) is 0. The van der Waals surface area contributed by atoms with Gasteiger partial charge in [0.15, 0.2) is 0 Å². The van der Waals surface area contributed by atoms with Gasteiger partial charge in [-0.3, -0.25) is 4.68 Å². The molecule has 0 aromatic carbocycles. The minimum Gasteiger partial charge on any atom is -0.275 e. The zero-order valence-electron chi connectivity index (χ0n) is 9.82. The van der Waals surface area contributed by atoms with Crippen LogP contribution in [0.15, 0.2) is 6.20 Å². The lowest BCUT2D eigenvalue weighted by molar-refractivity contribution is 0.756. The van der Waals surface area contributed by atoms with Gasteiger partial charge >= 0.3 is 0 Å². The molecule has 0 saturated heterocycles. The van der Waals surface area contributed by atoms with Crippen molar-refractivity contribution >= 4 is 11.3 Å². The quantitative estimate of drug-likeness (QED) is 0.798. The Balaban J connectivity index is 2.06. The van der Waals surface area contributed by atoms with E-state index in [9.17, 15) is 0 Å². The summed E-state index contributed by atoms with van der Waals surface area (Å²) < 4.78 is 1.86. The summed E-state index contributed by atoms with van der Waals surface area (Å²) in [5.74, 6) is 0.795. The smallest absolute Gasteiger partial charge is 0.127 e. The van der Waals surface area contributed by atoms with Gasteiger partial charge in [0.05, 0.1) is 17.0 Å². The molecule has 0 bridgehead atoms. The number of aryl methyl sites for hydroxylation is 3. The molecule has 2 heterocycles. The summed E-state index contributed by atoms with van der Waals surface area (Å²) in [7, 11) is 1.96. The zero-order valence-corrected chi connectivity index (χ0v) is 10.6. The van der Waals surface area contributed by atoms with Crippen molar-refractivity contribution in [3.63, 3.8) is 0 Å². The molecule has 3 nitrogen and oxygen atoms in total. The Hall–Kier alpha value is -1.16. The van der Waals surface area contributed by atoms with Crippen molar-refractivity contribution < 1.29 is 0 Å². The van der Waals surface area contributed by atoms with Crippen LogP contribution >= 0.6 is 11.3 Å². The van der Waals surface area contributed by atoms with Crippen LogP contribution in [0.4, 0.5) is 0 Å².